The Kier molecular flexibility index (Phi) is 3.92. The fourth-order valence-corrected chi connectivity index (χ4v) is 2.31. The molecular weight excluding hydrogens is 315 g/mol. The molecule has 0 saturated heterocycles. The number of aryl methyl sites for hydroxylation is 2. The van der Waals surface area contributed by atoms with Crippen LogP contribution in [-0.2, 0) is 6.42 Å². The van der Waals surface area contributed by atoms with Crippen molar-refractivity contribution in [3.8, 4) is 11.4 Å². The highest BCUT2D eigenvalue weighted by Crippen LogP contribution is 2.23. The Labute approximate surface area is 118 Å². The van der Waals surface area contributed by atoms with Gasteiger partial charge in [-0.3, -0.25) is 0 Å². The first-order valence-corrected chi connectivity index (χ1v) is 6.78. The van der Waals surface area contributed by atoms with Crippen LogP contribution < -0.4 is 0 Å². The fraction of sp³-hybridized carbons (Fsp3) is 0.231. The first kappa shape index (κ1) is 13.4. The third-order valence-electron chi connectivity index (χ3n) is 2.73. The molecule has 2 nitrogen and oxygen atoms in total. The highest BCUT2D eigenvalue weighted by Gasteiger charge is 2.08. The van der Waals surface area contributed by atoms with Crippen LogP contribution in [0.3, 0.4) is 0 Å². The number of hydrogen-bond donors (Lipinski definition) is 1. The Morgan fingerprint density at radius 2 is 2.17 bits per heavy atom. The minimum Gasteiger partial charge on any atom is -0.342 e. The molecule has 0 atom stereocenters. The number of aromatic nitrogens is 2. The minimum absolute atomic E-state index is 0.241. The smallest absolute Gasteiger partial charge is 0.144 e. The summed E-state index contributed by atoms with van der Waals surface area (Å²) >= 11 is 8.58. The van der Waals surface area contributed by atoms with Crippen LogP contribution in [0, 0.1) is 17.4 Å². The first-order chi connectivity index (χ1) is 8.52. The highest BCUT2D eigenvalue weighted by atomic mass is 79.9. The van der Waals surface area contributed by atoms with Crippen molar-refractivity contribution in [2.24, 2.45) is 0 Å². The van der Waals surface area contributed by atoms with Gasteiger partial charge in [-0.05, 0) is 40.9 Å². The van der Waals surface area contributed by atoms with Crippen LogP contribution in [0.1, 0.15) is 18.2 Å². The second-order valence-electron chi connectivity index (χ2n) is 4.00. The predicted molar refractivity (Wildman–Crippen MR) is 76.6 cm³/mol. The molecule has 0 aliphatic rings. The van der Waals surface area contributed by atoms with Crippen molar-refractivity contribution in [1.29, 1.82) is 0 Å². The second kappa shape index (κ2) is 5.28. The van der Waals surface area contributed by atoms with E-state index in [1.807, 2.05) is 13.0 Å². The maximum Gasteiger partial charge on any atom is 0.144 e. The standard InChI is InChI=1S/C13H12BrFN2S/c1-3-10-11(14)13(18)17-12(16-10)8-5-4-7(2)9(15)6-8/h4-6H,3H2,1-2H3,(H,16,17,18). The molecule has 1 N–H and O–H groups in total. The largest absolute Gasteiger partial charge is 0.342 e. The lowest BCUT2D eigenvalue weighted by Crippen LogP contribution is -1.98. The van der Waals surface area contributed by atoms with Crippen LogP contribution in [0.4, 0.5) is 4.39 Å². The highest BCUT2D eigenvalue weighted by molar-refractivity contribution is 9.10. The van der Waals surface area contributed by atoms with Crippen LogP contribution in [0.2, 0.25) is 0 Å². The first-order valence-electron chi connectivity index (χ1n) is 5.58. The third kappa shape index (κ3) is 2.52. The molecule has 0 aliphatic carbocycles. The molecule has 94 valence electrons. The summed E-state index contributed by atoms with van der Waals surface area (Å²) in [5, 5.41) is 0. The summed E-state index contributed by atoms with van der Waals surface area (Å²) in [5.74, 6) is 0.355. The van der Waals surface area contributed by atoms with Gasteiger partial charge in [0, 0.05) is 11.3 Å². The van der Waals surface area contributed by atoms with Crippen molar-refractivity contribution in [3.63, 3.8) is 0 Å². The van der Waals surface area contributed by atoms with Gasteiger partial charge >= 0.3 is 0 Å². The summed E-state index contributed by atoms with van der Waals surface area (Å²) in [7, 11) is 0. The Morgan fingerprint density at radius 3 is 2.78 bits per heavy atom. The van der Waals surface area contributed by atoms with E-state index in [-0.39, 0.29) is 5.82 Å². The molecule has 2 rings (SSSR count). The predicted octanol–water partition coefficient (Wildman–Crippen LogP) is 4.58. The van der Waals surface area contributed by atoms with Crippen LogP contribution >= 0.6 is 28.1 Å². The average Bonchev–Trinajstić information content (AvgIpc) is 2.36. The molecule has 5 heteroatoms. The monoisotopic (exact) mass is 326 g/mol. The van der Waals surface area contributed by atoms with Crippen LogP contribution in [0.15, 0.2) is 22.7 Å². The summed E-state index contributed by atoms with van der Waals surface area (Å²) in [5.41, 5.74) is 2.28. The number of nitrogens with one attached hydrogen (secondary N) is 1. The molecule has 0 aliphatic heterocycles. The number of benzene rings is 1. The molecule has 1 aromatic heterocycles. The van der Waals surface area contributed by atoms with Gasteiger partial charge in [0.25, 0.3) is 0 Å². The van der Waals surface area contributed by atoms with Gasteiger partial charge < -0.3 is 4.98 Å². The van der Waals surface area contributed by atoms with E-state index in [1.165, 1.54) is 6.07 Å². The molecule has 0 spiro atoms. The quantitative estimate of drug-likeness (QED) is 0.818. The molecule has 0 unspecified atom stereocenters. The third-order valence-corrected chi connectivity index (χ3v) is 4.15. The van der Waals surface area contributed by atoms with Crippen LogP contribution in [0.5, 0.6) is 0 Å². The van der Waals surface area contributed by atoms with E-state index in [0.717, 1.165) is 16.6 Å². The zero-order valence-corrected chi connectivity index (χ0v) is 12.5. The van der Waals surface area contributed by atoms with E-state index in [0.29, 0.717) is 21.6 Å². The van der Waals surface area contributed by atoms with Gasteiger partial charge in [-0.1, -0.05) is 31.3 Å². The number of aromatic amines is 1. The average molecular weight is 327 g/mol. The van der Waals surface area contributed by atoms with E-state index >= 15 is 0 Å². The molecule has 2 aromatic rings. The van der Waals surface area contributed by atoms with Gasteiger partial charge in [-0.2, -0.15) is 0 Å². The summed E-state index contributed by atoms with van der Waals surface area (Å²) < 4.78 is 14.8. The molecular formula is C13H12BrFN2S. The number of halogens is 2. The van der Waals surface area contributed by atoms with Gasteiger partial charge in [-0.25, -0.2) is 9.37 Å². The Hall–Kier alpha value is -1.07. The molecule has 0 fully saturated rings. The van der Waals surface area contributed by atoms with E-state index in [4.69, 9.17) is 12.2 Å². The van der Waals surface area contributed by atoms with Crippen molar-refractivity contribution in [1.82, 2.24) is 9.97 Å². The van der Waals surface area contributed by atoms with Crippen LogP contribution in [-0.4, -0.2) is 9.97 Å². The molecule has 1 heterocycles. The Morgan fingerprint density at radius 1 is 1.44 bits per heavy atom. The number of hydrogen-bond acceptors (Lipinski definition) is 2. The molecule has 0 saturated carbocycles. The van der Waals surface area contributed by atoms with E-state index in [2.05, 4.69) is 25.9 Å². The normalized spacial score (nSPS) is 10.7. The van der Waals surface area contributed by atoms with Crippen molar-refractivity contribution in [2.75, 3.05) is 0 Å². The molecule has 18 heavy (non-hydrogen) atoms. The minimum atomic E-state index is -0.241. The molecule has 0 radical (unpaired) electrons. The van der Waals surface area contributed by atoms with Gasteiger partial charge in [0.1, 0.15) is 16.3 Å². The second-order valence-corrected chi connectivity index (χ2v) is 5.18. The van der Waals surface area contributed by atoms with Crippen molar-refractivity contribution >= 4 is 28.1 Å². The SMILES string of the molecule is CCc1[nH]c(-c2ccc(C)c(F)c2)nc(=S)c1Br. The zero-order chi connectivity index (χ0) is 13.3. The van der Waals surface area contributed by atoms with E-state index in [9.17, 15) is 4.39 Å². The van der Waals surface area contributed by atoms with Gasteiger partial charge in [0.05, 0.1) is 4.47 Å². The Balaban J connectivity index is 2.60. The van der Waals surface area contributed by atoms with Crippen molar-refractivity contribution < 1.29 is 4.39 Å². The van der Waals surface area contributed by atoms with Crippen LogP contribution in [0.25, 0.3) is 11.4 Å². The van der Waals surface area contributed by atoms with Crippen molar-refractivity contribution in [2.45, 2.75) is 20.3 Å². The van der Waals surface area contributed by atoms with Gasteiger partial charge in [0.2, 0.25) is 0 Å². The number of nitrogens with zero attached hydrogens (tertiary/aromatic N) is 1. The topological polar surface area (TPSA) is 28.7 Å². The maximum absolute atomic E-state index is 13.6. The molecule has 0 amide bonds. The van der Waals surface area contributed by atoms with E-state index < -0.39 is 0 Å². The number of rotatable bonds is 2. The van der Waals surface area contributed by atoms with Gasteiger partial charge in [-0.15, -0.1) is 0 Å². The summed E-state index contributed by atoms with van der Waals surface area (Å²) in [6.45, 7) is 3.75. The maximum atomic E-state index is 13.6. The summed E-state index contributed by atoms with van der Waals surface area (Å²) in [4.78, 5) is 7.44. The zero-order valence-electron chi connectivity index (χ0n) is 10.1. The van der Waals surface area contributed by atoms with E-state index in [1.54, 1.807) is 13.0 Å². The molecule has 1 aromatic carbocycles. The lowest BCUT2D eigenvalue weighted by Gasteiger charge is -2.07. The number of H-pyrrole nitrogens is 1. The summed E-state index contributed by atoms with van der Waals surface area (Å²) in [6, 6.07) is 5.03. The lowest BCUT2D eigenvalue weighted by molar-refractivity contribution is 0.619. The lowest BCUT2D eigenvalue weighted by atomic mass is 10.1. The Bertz CT molecular complexity index is 652. The fourth-order valence-electron chi connectivity index (χ4n) is 1.63. The van der Waals surface area contributed by atoms with Crippen molar-refractivity contribution in [3.05, 3.63) is 44.4 Å². The molecule has 0 bridgehead atoms. The van der Waals surface area contributed by atoms with Gasteiger partial charge in [0.15, 0.2) is 0 Å². The summed E-state index contributed by atoms with van der Waals surface area (Å²) in [6.07, 6.45) is 0.800.